The van der Waals surface area contributed by atoms with Gasteiger partial charge < -0.3 is 14.4 Å². The molecule has 0 spiro atoms. The molecule has 0 N–H and O–H groups in total. The Labute approximate surface area is 189 Å². The van der Waals surface area contributed by atoms with Crippen molar-refractivity contribution < 1.29 is 14.3 Å². The van der Waals surface area contributed by atoms with Gasteiger partial charge in [0.1, 0.15) is 17.2 Å². The Morgan fingerprint density at radius 2 is 1.56 bits per heavy atom. The van der Waals surface area contributed by atoms with Crippen LogP contribution in [0.15, 0.2) is 89.9 Å². The number of rotatable bonds is 6. The number of esters is 1. The molecule has 1 heterocycles. The van der Waals surface area contributed by atoms with Crippen LogP contribution < -0.4 is 9.64 Å². The lowest BCUT2D eigenvalue weighted by Gasteiger charge is -2.44. The van der Waals surface area contributed by atoms with Crippen LogP contribution >= 0.6 is 0 Å². The molecule has 3 aromatic rings. The molecule has 0 bridgehead atoms. The Hall–Kier alpha value is -3.60. The van der Waals surface area contributed by atoms with Crippen molar-refractivity contribution in [2.45, 2.75) is 38.8 Å². The van der Waals surface area contributed by atoms with Crippen molar-refractivity contribution in [1.29, 1.82) is 0 Å². The summed E-state index contributed by atoms with van der Waals surface area (Å²) in [6.07, 6.45) is 0.871. The fourth-order valence-electron chi connectivity index (χ4n) is 3.67. The third-order valence-electron chi connectivity index (χ3n) is 5.06. The third-order valence-corrected chi connectivity index (χ3v) is 5.06. The van der Waals surface area contributed by atoms with Crippen molar-refractivity contribution >= 4 is 23.2 Å². The van der Waals surface area contributed by atoms with Crippen LogP contribution in [0.2, 0.25) is 0 Å². The SMILES string of the molecule is CC(C)(C)OC(=O)COc1ccc(N2/C(=N/c3ccccc3)CC2c2ccccc2)cc1. The maximum atomic E-state index is 11.9. The van der Waals surface area contributed by atoms with Gasteiger partial charge in [0.15, 0.2) is 6.61 Å². The van der Waals surface area contributed by atoms with E-state index in [-0.39, 0.29) is 18.6 Å². The van der Waals surface area contributed by atoms with Crippen LogP contribution in [0.5, 0.6) is 5.75 Å². The molecule has 0 radical (unpaired) electrons. The molecule has 32 heavy (non-hydrogen) atoms. The average molecular weight is 429 g/mol. The van der Waals surface area contributed by atoms with E-state index in [1.54, 1.807) is 0 Å². The van der Waals surface area contributed by atoms with E-state index < -0.39 is 5.60 Å². The first kappa shape index (κ1) is 21.6. The summed E-state index contributed by atoms with van der Waals surface area (Å²) < 4.78 is 10.9. The molecule has 1 atom stereocenters. The van der Waals surface area contributed by atoms with Crippen molar-refractivity contribution in [3.8, 4) is 5.75 Å². The first-order chi connectivity index (χ1) is 15.4. The van der Waals surface area contributed by atoms with Gasteiger partial charge in [0.2, 0.25) is 0 Å². The fraction of sp³-hybridized carbons (Fsp3) is 0.259. The van der Waals surface area contributed by atoms with E-state index in [9.17, 15) is 4.79 Å². The lowest BCUT2D eigenvalue weighted by molar-refractivity contribution is -0.157. The zero-order valence-corrected chi connectivity index (χ0v) is 18.7. The second-order valence-corrected chi connectivity index (χ2v) is 8.73. The fourth-order valence-corrected chi connectivity index (χ4v) is 3.67. The molecule has 5 nitrogen and oxygen atoms in total. The predicted molar refractivity (Wildman–Crippen MR) is 128 cm³/mol. The molecular weight excluding hydrogens is 400 g/mol. The lowest BCUT2D eigenvalue weighted by Crippen LogP contribution is -2.46. The molecule has 1 aliphatic rings. The summed E-state index contributed by atoms with van der Waals surface area (Å²) in [7, 11) is 0. The van der Waals surface area contributed by atoms with Gasteiger partial charge in [-0.3, -0.25) is 0 Å². The number of carbonyl (C=O) groups is 1. The van der Waals surface area contributed by atoms with Crippen LogP contribution in [-0.4, -0.2) is 24.0 Å². The number of anilines is 1. The molecule has 1 saturated heterocycles. The Kier molecular flexibility index (Phi) is 6.26. The van der Waals surface area contributed by atoms with Gasteiger partial charge in [-0.15, -0.1) is 0 Å². The Morgan fingerprint density at radius 1 is 0.938 bits per heavy atom. The number of benzene rings is 3. The molecule has 0 saturated carbocycles. The molecule has 164 valence electrons. The van der Waals surface area contributed by atoms with Gasteiger partial charge in [0.25, 0.3) is 0 Å². The quantitative estimate of drug-likeness (QED) is 0.446. The maximum Gasteiger partial charge on any atom is 0.344 e. The van der Waals surface area contributed by atoms with Crippen LogP contribution in [0, 0.1) is 0 Å². The number of amidine groups is 1. The van der Waals surface area contributed by atoms with Crippen LogP contribution in [-0.2, 0) is 9.53 Å². The molecule has 0 amide bonds. The molecule has 1 aliphatic heterocycles. The van der Waals surface area contributed by atoms with Crippen molar-refractivity contribution in [2.24, 2.45) is 4.99 Å². The van der Waals surface area contributed by atoms with E-state index in [4.69, 9.17) is 14.5 Å². The minimum Gasteiger partial charge on any atom is -0.482 e. The molecule has 0 aromatic heterocycles. The van der Waals surface area contributed by atoms with Gasteiger partial charge in [0.05, 0.1) is 11.7 Å². The third kappa shape index (κ3) is 5.35. The molecular formula is C27H28N2O3. The predicted octanol–water partition coefficient (Wildman–Crippen LogP) is 6.09. The van der Waals surface area contributed by atoms with Crippen molar-refractivity contribution in [1.82, 2.24) is 0 Å². The average Bonchev–Trinajstić information content (AvgIpc) is 2.76. The molecule has 0 aliphatic carbocycles. The van der Waals surface area contributed by atoms with Crippen LogP contribution in [0.3, 0.4) is 0 Å². The number of hydrogen-bond acceptors (Lipinski definition) is 4. The van der Waals surface area contributed by atoms with E-state index in [2.05, 4.69) is 29.2 Å². The number of nitrogens with zero attached hydrogens (tertiary/aromatic N) is 2. The summed E-state index contributed by atoms with van der Waals surface area (Å²) >= 11 is 0. The van der Waals surface area contributed by atoms with E-state index in [0.29, 0.717) is 5.75 Å². The topological polar surface area (TPSA) is 51.1 Å². The molecule has 1 fully saturated rings. The molecule has 1 unspecified atom stereocenters. The minimum atomic E-state index is -0.525. The van der Waals surface area contributed by atoms with Crippen molar-refractivity contribution in [3.63, 3.8) is 0 Å². The van der Waals surface area contributed by atoms with Gasteiger partial charge >= 0.3 is 5.97 Å². The first-order valence-corrected chi connectivity index (χ1v) is 10.8. The summed E-state index contributed by atoms with van der Waals surface area (Å²) in [4.78, 5) is 19.0. The summed E-state index contributed by atoms with van der Waals surface area (Å²) in [5.41, 5.74) is 2.70. The zero-order chi connectivity index (χ0) is 22.6. The van der Waals surface area contributed by atoms with Crippen LogP contribution in [0.25, 0.3) is 0 Å². The minimum absolute atomic E-state index is 0.117. The normalized spacial score (nSPS) is 17.0. The number of para-hydroxylation sites is 1. The summed E-state index contributed by atoms with van der Waals surface area (Å²) in [5, 5.41) is 0. The second kappa shape index (κ2) is 9.27. The van der Waals surface area contributed by atoms with Gasteiger partial charge in [-0.05, 0) is 62.7 Å². The zero-order valence-electron chi connectivity index (χ0n) is 18.7. The summed E-state index contributed by atoms with van der Waals surface area (Å²) in [6, 6.07) is 28.4. The summed E-state index contributed by atoms with van der Waals surface area (Å²) in [5.74, 6) is 1.26. The van der Waals surface area contributed by atoms with E-state index in [0.717, 1.165) is 23.6 Å². The highest BCUT2D eigenvalue weighted by Crippen LogP contribution is 2.41. The largest absolute Gasteiger partial charge is 0.482 e. The number of aliphatic imine (C=N–C) groups is 1. The highest BCUT2D eigenvalue weighted by atomic mass is 16.6. The van der Waals surface area contributed by atoms with Crippen LogP contribution in [0.1, 0.15) is 38.8 Å². The Morgan fingerprint density at radius 3 is 2.19 bits per heavy atom. The monoisotopic (exact) mass is 428 g/mol. The number of hydrogen-bond donors (Lipinski definition) is 0. The Balaban J connectivity index is 1.51. The van der Waals surface area contributed by atoms with Gasteiger partial charge in [0, 0.05) is 12.1 Å². The lowest BCUT2D eigenvalue weighted by atomic mass is 9.92. The van der Waals surface area contributed by atoms with E-state index >= 15 is 0 Å². The highest BCUT2D eigenvalue weighted by Gasteiger charge is 2.36. The standard InChI is InChI=1S/C27H28N2O3/c1-27(2,3)32-26(30)19-31-23-16-14-22(15-17-23)29-24(20-10-6-4-7-11-20)18-25(29)28-21-12-8-5-9-13-21/h4-17,24H,18-19H2,1-3H3/b28-25+. The Bertz CT molecular complexity index is 1070. The van der Waals surface area contributed by atoms with E-state index in [1.165, 1.54) is 5.56 Å². The van der Waals surface area contributed by atoms with Gasteiger partial charge in [-0.2, -0.15) is 0 Å². The van der Waals surface area contributed by atoms with Gasteiger partial charge in [-0.1, -0.05) is 48.5 Å². The van der Waals surface area contributed by atoms with Crippen molar-refractivity contribution in [2.75, 3.05) is 11.5 Å². The van der Waals surface area contributed by atoms with Crippen molar-refractivity contribution in [3.05, 3.63) is 90.5 Å². The number of ether oxygens (including phenoxy) is 2. The van der Waals surface area contributed by atoms with E-state index in [1.807, 2.05) is 81.4 Å². The number of carbonyl (C=O) groups excluding carboxylic acids is 1. The first-order valence-electron chi connectivity index (χ1n) is 10.8. The molecule has 3 aromatic carbocycles. The molecule has 4 rings (SSSR count). The van der Waals surface area contributed by atoms with Gasteiger partial charge in [-0.25, -0.2) is 9.79 Å². The maximum absolute atomic E-state index is 11.9. The highest BCUT2D eigenvalue weighted by molar-refractivity contribution is 6.06. The molecule has 5 heteroatoms. The smallest absolute Gasteiger partial charge is 0.344 e. The summed E-state index contributed by atoms with van der Waals surface area (Å²) in [6.45, 7) is 5.40. The van der Waals surface area contributed by atoms with Crippen LogP contribution in [0.4, 0.5) is 11.4 Å². The second-order valence-electron chi connectivity index (χ2n) is 8.73.